The Hall–Kier alpha value is -3.98. The molecule has 2 aliphatic rings. The molecule has 16 heteroatoms. The number of piperazine rings is 1. The number of benzene rings is 2. The molecular formula is C30H24ClF6N5O3S. The fraction of sp³-hybridized carbons (Fsp3) is 0.333. The molecule has 242 valence electrons. The average molecular weight is 684 g/mol. The number of thioether (sulfide) groups is 1. The Morgan fingerprint density at radius 2 is 1.72 bits per heavy atom. The number of alkyl halides is 3. The molecule has 2 aromatic carbocycles. The second-order valence-electron chi connectivity index (χ2n) is 11.3. The first-order valence-electron chi connectivity index (χ1n) is 14.0. The zero-order valence-electron chi connectivity index (χ0n) is 24.1. The van der Waals surface area contributed by atoms with Crippen molar-refractivity contribution in [1.82, 2.24) is 19.4 Å². The van der Waals surface area contributed by atoms with Gasteiger partial charge in [0.15, 0.2) is 0 Å². The van der Waals surface area contributed by atoms with Crippen molar-refractivity contribution in [2.24, 2.45) is 0 Å². The van der Waals surface area contributed by atoms with E-state index in [0.29, 0.717) is 11.6 Å². The van der Waals surface area contributed by atoms with Gasteiger partial charge in [-0.3, -0.25) is 14.5 Å². The summed E-state index contributed by atoms with van der Waals surface area (Å²) in [6.45, 7) is 3.19. The lowest BCUT2D eigenvalue weighted by atomic mass is 9.95. The van der Waals surface area contributed by atoms with E-state index in [0.717, 1.165) is 30.1 Å². The molecule has 4 heterocycles. The number of hydrogen-bond acceptors (Lipinski definition) is 6. The predicted octanol–water partition coefficient (Wildman–Crippen LogP) is 7.01. The Kier molecular flexibility index (Phi) is 8.12. The normalized spacial score (nSPS) is 20.2. The fourth-order valence-electron chi connectivity index (χ4n) is 6.33. The Morgan fingerprint density at radius 1 is 1.02 bits per heavy atom. The Bertz CT molecular complexity index is 1950. The van der Waals surface area contributed by atoms with Crippen LogP contribution in [0.2, 0.25) is 5.02 Å². The number of rotatable bonds is 3. The summed E-state index contributed by atoms with van der Waals surface area (Å²) in [6.07, 6.45) is -3.85. The van der Waals surface area contributed by atoms with Gasteiger partial charge in [-0.2, -0.15) is 18.2 Å². The van der Waals surface area contributed by atoms with E-state index in [4.69, 9.17) is 11.6 Å². The molecule has 3 atom stereocenters. The summed E-state index contributed by atoms with van der Waals surface area (Å²) in [4.78, 5) is 36.4. The number of halogens is 7. The lowest BCUT2D eigenvalue weighted by Gasteiger charge is -2.43. The number of carbonyl (C=O) groups is 1. The van der Waals surface area contributed by atoms with Crippen molar-refractivity contribution in [2.45, 2.75) is 49.5 Å². The van der Waals surface area contributed by atoms with Crippen molar-refractivity contribution in [3.05, 3.63) is 80.7 Å². The van der Waals surface area contributed by atoms with Gasteiger partial charge in [-0.05, 0) is 37.6 Å². The smallest absolute Gasteiger partial charge is 0.417 e. The molecule has 0 aliphatic carbocycles. The predicted molar refractivity (Wildman–Crippen MR) is 160 cm³/mol. The largest absolute Gasteiger partial charge is 0.465 e. The van der Waals surface area contributed by atoms with Crippen molar-refractivity contribution in [3.8, 4) is 11.1 Å². The summed E-state index contributed by atoms with van der Waals surface area (Å²) in [7, 11) is 0. The molecule has 0 radical (unpaired) electrons. The van der Waals surface area contributed by atoms with Gasteiger partial charge in [-0.25, -0.2) is 22.8 Å². The minimum atomic E-state index is -5.06. The van der Waals surface area contributed by atoms with Gasteiger partial charge in [-0.15, -0.1) is 11.8 Å². The van der Waals surface area contributed by atoms with Gasteiger partial charge in [0.1, 0.15) is 23.3 Å². The molecule has 2 aromatic heterocycles. The molecule has 6 rings (SSSR count). The standard InChI is InChI=1S/C30H24ClF6N5O3S/c1-13-9-40(10-14(2)42(13)29(44)45)27-19-4-20(30(35,36)37)24(18-5-21(31)23(34)6-22(18)33)26-25(19)41(28(43)39-27)11-16(12-46-26)15-3-17(32)8-38-7-15/h3-8,13-14,16H,9-12H2,1-2H3,(H,44,45)/t13-,14+,16-/m0/s1. The molecule has 1 saturated heterocycles. The molecule has 0 bridgehead atoms. The SMILES string of the molecule is C[C@@H]1CN(c2nc(=O)n3c4c(c(-c5cc(Cl)c(F)cc5F)c(C(F)(F)F)cc24)SC[C@@H](c2cncc(F)c2)C3)C[C@H](C)N1C(=O)O. The summed E-state index contributed by atoms with van der Waals surface area (Å²) >= 11 is 6.84. The van der Waals surface area contributed by atoms with Crippen molar-refractivity contribution in [2.75, 3.05) is 23.7 Å². The average Bonchev–Trinajstić information content (AvgIpc) is 3.17. The highest BCUT2D eigenvalue weighted by atomic mass is 35.5. The van der Waals surface area contributed by atoms with Crippen molar-refractivity contribution < 1.29 is 36.2 Å². The Morgan fingerprint density at radius 3 is 2.35 bits per heavy atom. The molecule has 4 aromatic rings. The number of hydrogen-bond donors (Lipinski definition) is 1. The number of anilines is 1. The fourth-order valence-corrected chi connectivity index (χ4v) is 7.88. The van der Waals surface area contributed by atoms with Crippen LogP contribution in [0.25, 0.3) is 22.0 Å². The van der Waals surface area contributed by atoms with E-state index in [1.165, 1.54) is 21.7 Å². The molecule has 2 aliphatic heterocycles. The zero-order valence-corrected chi connectivity index (χ0v) is 25.7. The topological polar surface area (TPSA) is 91.6 Å². The highest BCUT2D eigenvalue weighted by Crippen LogP contribution is 2.50. The third-order valence-electron chi connectivity index (χ3n) is 8.25. The Balaban J connectivity index is 1.67. The molecule has 1 amide bonds. The molecule has 46 heavy (non-hydrogen) atoms. The van der Waals surface area contributed by atoms with Crippen LogP contribution in [0.1, 0.15) is 30.9 Å². The molecule has 8 nitrogen and oxygen atoms in total. The van der Waals surface area contributed by atoms with Gasteiger partial charge >= 0.3 is 18.0 Å². The van der Waals surface area contributed by atoms with E-state index in [1.807, 2.05) is 0 Å². The van der Waals surface area contributed by atoms with Crippen LogP contribution in [0, 0.1) is 17.5 Å². The van der Waals surface area contributed by atoms with Gasteiger partial charge < -0.3 is 10.0 Å². The van der Waals surface area contributed by atoms with E-state index in [-0.39, 0.29) is 47.0 Å². The van der Waals surface area contributed by atoms with Crippen LogP contribution in [0.4, 0.5) is 37.0 Å². The summed E-state index contributed by atoms with van der Waals surface area (Å²) < 4.78 is 89.8. The van der Waals surface area contributed by atoms with Crippen LogP contribution in [0.3, 0.4) is 0 Å². The van der Waals surface area contributed by atoms with Crippen LogP contribution in [-0.4, -0.2) is 61.6 Å². The van der Waals surface area contributed by atoms with Crippen LogP contribution in [-0.2, 0) is 12.7 Å². The van der Waals surface area contributed by atoms with E-state index >= 15 is 4.39 Å². The highest BCUT2D eigenvalue weighted by molar-refractivity contribution is 7.99. The number of carboxylic acid groups (broad SMARTS) is 1. The van der Waals surface area contributed by atoms with Crippen LogP contribution in [0.15, 0.2) is 46.3 Å². The summed E-state index contributed by atoms with van der Waals surface area (Å²) in [5, 5.41) is 8.99. The third-order valence-corrected chi connectivity index (χ3v) is 9.80. The van der Waals surface area contributed by atoms with Gasteiger partial charge in [0.05, 0.1) is 34.4 Å². The second kappa shape index (κ2) is 11.7. The van der Waals surface area contributed by atoms with Crippen molar-refractivity contribution in [1.29, 1.82) is 0 Å². The maximum Gasteiger partial charge on any atom is 0.417 e. The number of nitrogens with zero attached hydrogens (tertiary/aromatic N) is 5. The van der Waals surface area contributed by atoms with Gasteiger partial charge in [0, 0.05) is 65.0 Å². The molecule has 1 fully saturated rings. The van der Waals surface area contributed by atoms with Gasteiger partial charge in [0.25, 0.3) is 0 Å². The van der Waals surface area contributed by atoms with E-state index in [2.05, 4.69) is 9.97 Å². The maximum absolute atomic E-state index is 15.4. The molecule has 0 unspecified atom stereocenters. The first-order chi connectivity index (χ1) is 21.6. The van der Waals surface area contributed by atoms with Crippen LogP contribution >= 0.6 is 23.4 Å². The van der Waals surface area contributed by atoms with Crippen molar-refractivity contribution in [3.63, 3.8) is 0 Å². The molecule has 0 saturated carbocycles. The van der Waals surface area contributed by atoms with Gasteiger partial charge in [0.2, 0.25) is 0 Å². The highest BCUT2D eigenvalue weighted by Gasteiger charge is 2.40. The summed E-state index contributed by atoms with van der Waals surface area (Å²) in [6, 6.07) is 1.96. The minimum absolute atomic E-state index is 0.0214. The number of amides is 1. The zero-order chi connectivity index (χ0) is 33.2. The third kappa shape index (κ3) is 5.52. The number of aromatic nitrogens is 3. The number of pyridine rings is 1. The van der Waals surface area contributed by atoms with E-state index in [9.17, 15) is 36.6 Å². The van der Waals surface area contributed by atoms with Gasteiger partial charge in [-0.1, -0.05) is 11.6 Å². The maximum atomic E-state index is 15.4. The lowest BCUT2D eigenvalue weighted by molar-refractivity contribution is -0.137. The minimum Gasteiger partial charge on any atom is -0.465 e. The van der Waals surface area contributed by atoms with E-state index < -0.39 is 75.1 Å². The lowest BCUT2D eigenvalue weighted by Crippen LogP contribution is -2.58. The molecule has 0 spiro atoms. The monoisotopic (exact) mass is 683 g/mol. The molecular weight excluding hydrogens is 660 g/mol. The molecule has 1 N–H and O–H groups in total. The van der Waals surface area contributed by atoms with E-state index in [1.54, 1.807) is 18.7 Å². The summed E-state index contributed by atoms with van der Waals surface area (Å²) in [5.41, 5.74) is -2.95. The first kappa shape index (κ1) is 32.0. The van der Waals surface area contributed by atoms with Crippen LogP contribution in [0.5, 0.6) is 0 Å². The van der Waals surface area contributed by atoms with Crippen LogP contribution < -0.4 is 10.6 Å². The van der Waals surface area contributed by atoms with Crippen molar-refractivity contribution >= 4 is 46.2 Å². The Labute approximate surface area is 266 Å². The quantitative estimate of drug-likeness (QED) is 0.183. The second-order valence-corrected chi connectivity index (χ2v) is 12.8. The summed E-state index contributed by atoms with van der Waals surface area (Å²) in [5.74, 6) is -3.80. The first-order valence-corrected chi connectivity index (χ1v) is 15.3.